The molecular formula is C26H37NO7S. The predicted octanol–water partition coefficient (Wildman–Crippen LogP) is 1.14. The maximum atomic E-state index is 10.5. The highest BCUT2D eigenvalue weighted by Crippen LogP contribution is 2.36. The molecule has 3 rings (SSSR count). The van der Waals surface area contributed by atoms with Crippen LogP contribution in [0.1, 0.15) is 34.8 Å². The number of aryl methyl sites for hydroxylation is 1. The molecule has 0 spiro atoms. The van der Waals surface area contributed by atoms with E-state index in [0.717, 1.165) is 34.4 Å². The second-order valence-corrected chi connectivity index (χ2v) is 9.79. The smallest absolute Gasteiger partial charge is 0.132 e. The number of hydrogen-bond donors (Lipinski definition) is 6. The molecular weight excluding hydrogens is 470 g/mol. The number of thioether (sulfide) groups is 1. The Bertz CT molecular complexity index is 907. The van der Waals surface area contributed by atoms with Gasteiger partial charge in [-0.05, 0) is 67.0 Å². The SMILES string of the molecule is CS[C@H]1O[C@@H](c2ccc(C)c(Cc3ccc(OCCCNC(CO)CO)cc3)c2)[C@H](O)[C@@H](O)[C@@H]1O. The maximum Gasteiger partial charge on any atom is 0.132 e. The van der Waals surface area contributed by atoms with E-state index < -0.39 is 29.9 Å². The highest BCUT2D eigenvalue weighted by molar-refractivity contribution is 7.99. The van der Waals surface area contributed by atoms with Gasteiger partial charge in [0.1, 0.15) is 35.6 Å². The molecule has 0 aromatic heterocycles. The first-order chi connectivity index (χ1) is 16.9. The van der Waals surface area contributed by atoms with Gasteiger partial charge in [0.25, 0.3) is 0 Å². The van der Waals surface area contributed by atoms with Gasteiger partial charge in [-0.3, -0.25) is 0 Å². The lowest BCUT2D eigenvalue weighted by Gasteiger charge is -2.40. The Labute approximate surface area is 210 Å². The van der Waals surface area contributed by atoms with Gasteiger partial charge in [0.2, 0.25) is 0 Å². The lowest BCUT2D eigenvalue weighted by molar-refractivity contribution is -0.200. The normalized spacial score (nSPS) is 24.6. The molecule has 0 radical (unpaired) electrons. The molecule has 0 amide bonds. The molecule has 1 aliphatic heterocycles. The van der Waals surface area contributed by atoms with Gasteiger partial charge in [-0.15, -0.1) is 11.8 Å². The van der Waals surface area contributed by atoms with E-state index in [1.807, 2.05) is 49.4 Å². The monoisotopic (exact) mass is 507 g/mol. The standard InChI is InChI=1S/C26H37NO7S/c1-16-4-7-18(25-23(31)22(30)24(32)26(34-25)35-2)13-19(16)12-17-5-8-21(9-6-17)33-11-3-10-27-20(14-28)15-29/h4-9,13,20,22-32H,3,10-12,14-15H2,1-2H3/t22-,23-,24+,25+,26-/m1/s1. The molecule has 5 atom stereocenters. The van der Waals surface area contributed by atoms with E-state index in [1.54, 1.807) is 6.26 Å². The zero-order valence-electron chi connectivity index (χ0n) is 20.2. The molecule has 1 aliphatic rings. The minimum Gasteiger partial charge on any atom is -0.494 e. The van der Waals surface area contributed by atoms with Crippen LogP contribution >= 0.6 is 11.8 Å². The number of benzene rings is 2. The minimum atomic E-state index is -1.27. The van der Waals surface area contributed by atoms with Crippen LogP contribution in [0.5, 0.6) is 5.75 Å². The van der Waals surface area contributed by atoms with E-state index in [9.17, 15) is 15.3 Å². The van der Waals surface area contributed by atoms with Crippen LogP contribution in [-0.4, -0.2) is 87.9 Å². The summed E-state index contributed by atoms with van der Waals surface area (Å²) < 4.78 is 11.7. The molecule has 1 fully saturated rings. The second kappa shape index (κ2) is 13.6. The third kappa shape index (κ3) is 7.41. The molecule has 0 saturated carbocycles. The first-order valence-electron chi connectivity index (χ1n) is 11.9. The van der Waals surface area contributed by atoms with E-state index in [-0.39, 0.29) is 19.3 Å². The fraction of sp³-hybridized carbons (Fsp3) is 0.538. The number of rotatable bonds is 12. The number of nitrogens with one attached hydrogen (secondary N) is 1. The number of aliphatic hydroxyl groups is 5. The lowest BCUT2D eigenvalue weighted by Crippen LogP contribution is -2.52. The van der Waals surface area contributed by atoms with E-state index in [2.05, 4.69) is 5.32 Å². The van der Waals surface area contributed by atoms with Crippen molar-refractivity contribution in [2.24, 2.45) is 0 Å². The Hall–Kier alpha value is -1.69. The second-order valence-electron chi connectivity index (χ2n) is 8.86. The summed E-state index contributed by atoms with van der Waals surface area (Å²) >= 11 is 1.30. The quantitative estimate of drug-likeness (QED) is 0.234. The first-order valence-corrected chi connectivity index (χ1v) is 13.2. The van der Waals surface area contributed by atoms with Crippen LogP contribution in [-0.2, 0) is 11.2 Å². The van der Waals surface area contributed by atoms with Gasteiger partial charge in [0.15, 0.2) is 0 Å². The Morgan fingerprint density at radius 3 is 2.37 bits per heavy atom. The summed E-state index contributed by atoms with van der Waals surface area (Å²) in [5, 5.41) is 52.1. The Balaban J connectivity index is 1.59. The van der Waals surface area contributed by atoms with E-state index in [0.29, 0.717) is 19.6 Å². The van der Waals surface area contributed by atoms with Crippen LogP contribution in [0.25, 0.3) is 0 Å². The van der Waals surface area contributed by atoms with Crippen LogP contribution in [0.4, 0.5) is 0 Å². The summed E-state index contributed by atoms with van der Waals surface area (Å²) in [4.78, 5) is 0. The molecule has 0 unspecified atom stereocenters. The number of aliphatic hydroxyl groups excluding tert-OH is 5. The van der Waals surface area contributed by atoms with Crippen molar-refractivity contribution in [3.63, 3.8) is 0 Å². The van der Waals surface area contributed by atoms with Gasteiger partial charge >= 0.3 is 0 Å². The topological polar surface area (TPSA) is 132 Å². The molecule has 35 heavy (non-hydrogen) atoms. The molecule has 6 N–H and O–H groups in total. The van der Waals surface area contributed by atoms with E-state index in [1.165, 1.54) is 11.8 Å². The molecule has 0 aliphatic carbocycles. The third-order valence-electron chi connectivity index (χ3n) is 6.29. The van der Waals surface area contributed by atoms with Crippen molar-refractivity contribution in [3.8, 4) is 5.75 Å². The van der Waals surface area contributed by atoms with Gasteiger partial charge in [0.05, 0.1) is 25.9 Å². The summed E-state index contributed by atoms with van der Waals surface area (Å²) in [6.45, 7) is 3.01. The highest BCUT2D eigenvalue weighted by Gasteiger charge is 2.44. The largest absolute Gasteiger partial charge is 0.494 e. The summed E-state index contributed by atoms with van der Waals surface area (Å²) in [5.41, 5.74) is 3.45. The zero-order valence-corrected chi connectivity index (χ0v) is 21.0. The van der Waals surface area contributed by atoms with Crippen molar-refractivity contribution in [1.29, 1.82) is 0 Å². The summed E-state index contributed by atoms with van der Waals surface area (Å²) in [6.07, 6.45) is -1.12. The number of hydrogen-bond acceptors (Lipinski definition) is 9. The molecule has 194 valence electrons. The Morgan fingerprint density at radius 2 is 1.71 bits per heavy atom. The fourth-order valence-corrected chi connectivity index (χ4v) is 4.73. The van der Waals surface area contributed by atoms with Crippen LogP contribution < -0.4 is 10.1 Å². The zero-order chi connectivity index (χ0) is 25.4. The molecule has 2 aromatic carbocycles. The summed E-state index contributed by atoms with van der Waals surface area (Å²) in [6, 6.07) is 13.5. The van der Waals surface area contributed by atoms with Crippen molar-refractivity contribution in [3.05, 3.63) is 64.7 Å². The summed E-state index contributed by atoms with van der Waals surface area (Å²) in [5.74, 6) is 0.773. The van der Waals surface area contributed by atoms with Crippen molar-refractivity contribution in [1.82, 2.24) is 5.32 Å². The Kier molecular flexibility index (Phi) is 10.8. The highest BCUT2D eigenvalue weighted by atomic mass is 32.2. The first kappa shape index (κ1) is 27.9. The van der Waals surface area contributed by atoms with Crippen molar-refractivity contribution in [2.45, 2.75) is 55.7 Å². The average molecular weight is 508 g/mol. The average Bonchev–Trinajstić information content (AvgIpc) is 2.87. The predicted molar refractivity (Wildman–Crippen MR) is 136 cm³/mol. The van der Waals surface area contributed by atoms with Crippen LogP contribution in [0.15, 0.2) is 42.5 Å². The fourth-order valence-electron chi connectivity index (χ4n) is 4.06. The van der Waals surface area contributed by atoms with Crippen molar-refractivity contribution < 1.29 is 35.0 Å². The summed E-state index contributed by atoms with van der Waals surface area (Å²) in [7, 11) is 0. The van der Waals surface area contributed by atoms with Gasteiger partial charge in [-0.1, -0.05) is 30.3 Å². The van der Waals surface area contributed by atoms with Crippen molar-refractivity contribution in [2.75, 3.05) is 32.6 Å². The molecule has 0 bridgehead atoms. The van der Waals surface area contributed by atoms with Gasteiger partial charge in [-0.2, -0.15) is 0 Å². The maximum absolute atomic E-state index is 10.5. The van der Waals surface area contributed by atoms with Gasteiger partial charge < -0.3 is 40.3 Å². The van der Waals surface area contributed by atoms with Crippen LogP contribution in [0.2, 0.25) is 0 Å². The minimum absolute atomic E-state index is 0.0983. The lowest BCUT2D eigenvalue weighted by atomic mass is 9.91. The van der Waals surface area contributed by atoms with Crippen LogP contribution in [0.3, 0.4) is 0 Å². The van der Waals surface area contributed by atoms with E-state index in [4.69, 9.17) is 19.7 Å². The van der Waals surface area contributed by atoms with Gasteiger partial charge in [0, 0.05) is 0 Å². The van der Waals surface area contributed by atoms with E-state index >= 15 is 0 Å². The van der Waals surface area contributed by atoms with Gasteiger partial charge in [-0.25, -0.2) is 0 Å². The molecule has 1 saturated heterocycles. The van der Waals surface area contributed by atoms with Crippen molar-refractivity contribution >= 4 is 11.8 Å². The molecule has 9 heteroatoms. The molecule has 2 aromatic rings. The number of ether oxygens (including phenoxy) is 2. The molecule has 8 nitrogen and oxygen atoms in total. The Morgan fingerprint density at radius 1 is 1.00 bits per heavy atom. The molecule has 1 heterocycles. The third-order valence-corrected chi connectivity index (χ3v) is 7.14. The van der Waals surface area contributed by atoms with Crippen LogP contribution in [0, 0.1) is 6.92 Å².